The molecule has 1 aromatic carbocycles. The standard InChI is InChI=1S/C14H14F3NO.ClH/c1-18-13(19-14(15,16)17)9-7-12(8-10-13)11-5-3-2-4-6-11;/h2-9,18H,10H2,1H3;1H. The largest absolute Gasteiger partial charge is 0.524 e. The molecule has 1 aliphatic rings. The molecule has 0 spiro atoms. The van der Waals surface area contributed by atoms with E-state index in [2.05, 4.69) is 10.1 Å². The summed E-state index contributed by atoms with van der Waals surface area (Å²) < 4.78 is 41.3. The van der Waals surface area contributed by atoms with Crippen molar-refractivity contribution in [2.45, 2.75) is 18.5 Å². The third kappa shape index (κ3) is 4.10. The van der Waals surface area contributed by atoms with Gasteiger partial charge in [0.1, 0.15) is 0 Å². The van der Waals surface area contributed by atoms with E-state index in [0.29, 0.717) is 0 Å². The minimum absolute atomic E-state index is 0. The lowest BCUT2D eigenvalue weighted by Crippen LogP contribution is -2.47. The lowest BCUT2D eigenvalue weighted by molar-refractivity contribution is -0.362. The average molecular weight is 306 g/mol. The highest BCUT2D eigenvalue weighted by atomic mass is 35.5. The maximum absolute atomic E-state index is 12.4. The second kappa shape index (κ2) is 6.43. The third-order valence-corrected chi connectivity index (χ3v) is 2.99. The van der Waals surface area contributed by atoms with Gasteiger partial charge in [0.05, 0.1) is 0 Å². The van der Waals surface area contributed by atoms with Crippen LogP contribution in [0.1, 0.15) is 12.0 Å². The van der Waals surface area contributed by atoms with Crippen LogP contribution in [-0.4, -0.2) is 19.1 Å². The molecule has 0 saturated heterocycles. The highest BCUT2D eigenvalue weighted by molar-refractivity contribution is 5.85. The van der Waals surface area contributed by atoms with Gasteiger partial charge in [0.2, 0.25) is 0 Å². The molecule has 110 valence electrons. The molecular formula is C14H15ClF3NO. The van der Waals surface area contributed by atoms with Crippen molar-refractivity contribution < 1.29 is 17.9 Å². The Morgan fingerprint density at radius 2 is 1.85 bits per heavy atom. The average Bonchev–Trinajstić information content (AvgIpc) is 2.39. The number of hydrogen-bond acceptors (Lipinski definition) is 2. The zero-order valence-corrected chi connectivity index (χ0v) is 11.6. The molecule has 1 atom stereocenters. The lowest BCUT2D eigenvalue weighted by atomic mass is 9.95. The van der Waals surface area contributed by atoms with Crippen LogP contribution in [0.15, 0.2) is 48.6 Å². The third-order valence-electron chi connectivity index (χ3n) is 2.99. The Balaban J connectivity index is 0.00000200. The van der Waals surface area contributed by atoms with Crippen LogP contribution in [0.3, 0.4) is 0 Å². The number of hydrogen-bond donors (Lipinski definition) is 1. The maximum atomic E-state index is 12.4. The van der Waals surface area contributed by atoms with Gasteiger partial charge in [-0.2, -0.15) is 0 Å². The first-order chi connectivity index (χ1) is 8.94. The van der Waals surface area contributed by atoms with E-state index in [9.17, 15) is 13.2 Å². The first-order valence-electron chi connectivity index (χ1n) is 5.85. The molecule has 0 saturated carbocycles. The van der Waals surface area contributed by atoms with Gasteiger partial charge in [-0.3, -0.25) is 10.1 Å². The van der Waals surface area contributed by atoms with Crippen molar-refractivity contribution in [1.82, 2.24) is 5.32 Å². The molecule has 1 aromatic rings. The minimum atomic E-state index is -4.68. The van der Waals surface area contributed by atoms with Crippen molar-refractivity contribution in [2.24, 2.45) is 0 Å². The summed E-state index contributed by atoms with van der Waals surface area (Å²) in [7, 11) is 1.44. The molecule has 0 fully saturated rings. The van der Waals surface area contributed by atoms with Gasteiger partial charge >= 0.3 is 6.36 Å². The molecule has 1 N–H and O–H groups in total. The molecule has 2 rings (SSSR count). The monoisotopic (exact) mass is 305 g/mol. The zero-order valence-electron chi connectivity index (χ0n) is 10.8. The summed E-state index contributed by atoms with van der Waals surface area (Å²) in [4.78, 5) is 0. The van der Waals surface area contributed by atoms with Gasteiger partial charge in [-0.25, -0.2) is 0 Å². The first kappa shape index (κ1) is 16.8. The number of benzene rings is 1. The summed E-state index contributed by atoms with van der Waals surface area (Å²) in [6.07, 6.45) is 0.219. The van der Waals surface area contributed by atoms with E-state index in [1.165, 1.54) is 13.1 Å². The van der Waals surface area contributed by atoms with E-state index in [0.717, 1.165) is 11.1 Å². The topological polar surface area (TPSA) is 21.3 Å². The van der Waals surface area contributed by atoms with Gasteiger partial charge < -0.3 is 0 Å². The number of ether oxygens (including phenoxy) is 1. The molecule has 0 aromatic heterocycles. The van der Waals surface area contributed by atoms with Crippen LogP contribution in [0.2, 0.25) is 0 Å². The molecule has 0 heterocycles. The van der Waals surface area contributed by atoms with E-state index in [-0.39, 0.29) is 18.8 Å². The smallest absolute Gasteiger partial charge is 0.289 e. The lowest BCUT2D eigenvalue weighted by Gasteiger charge is -2.32. The van der Waals surface area contributed by atoms with Crippen molar-refractivity contribution in [2.75, 3.05) is 7.05 Å². The SMILES string of the molecule is CNC1(OC(F)(F)F)C=CC(c2ccccc2)=CC1.Cl. The van der Waals surface area contributed by atoms with Crippen LogP contribution in [0.5, 0.6) is 0 Å². The van der Waals surface area contributed by atoms with Crippen molar-refractivity contribution in [3.05, 3.63) is 54.1 Å². The van der Waals surface area contributed by atoms with Crippen molar-refractivity contribution in [3.8, 4) is 0 Å². The van der Waals surface area contributed by atoms with Crippen LogP contribution >= 0.6 is 12.4 Å². The van der Waals surface area contributed by atoms with E-state index in [1.54, 1.807) is 12.2 Å². The van der Waals surface area contributed by atoms with E-state index >= 15 is 0 Å². The first-order valence-corrected chi connectivity index (χ1v) is 5.85. The highest BCUT2D eigenvalue weighted by Gasteiger charge is 2.41. The van der Waals surface area contributed by atoms with Crippen LogP contribution in [0.4, 0.5) is 13.2 Å². The summed E-state index contributed by atoms with van der Waals surface area (Å²) in [5, 5.41) is 2.57. The number of alkyl halides is 3. The molecular weight excluding hydrogens is 291 g/mol. The van der Waals surface area contributed by atoms with E-state index < -0.39 is 12.1 Å². The molecule has 6 heteroatoms. The number of likely N-dealkylation sites (N-methyl/N-ethyl adjacent to an activating group) is 1. The highest BCUT2D eigenvalue weighted by Crippen LogP contribution is 2.32. The van der Waals surface area contributed by atoms with Crippen LogP contribution in [-0.2, 0) is 4.74 Å². The number of nitrogens with one attached hydrogen (secondary N) is 1. The molecule has 1 unspecified atom stereocenters. The minimum Gasteiger partial charge on any atom is -0.289 e. The molecule has 1 aliphatic carbocycles. The number of halogens is 4. The van der Waals surface area contributed by atoms with Gasteiger partial charge in [0.15, 0.2) is 5.72 Å². The maximum Gasteiger partial charge on any atom is 0.524 e. The number of rotatable bonds is 3. The fourth-order valence-corrected chi connectivity index (χ4v) is 1.99. The van der Waals surface area contributed by atoms with E-state index in [4.69, 9.17) is 0 Å². The molecule has 20 heavy (non-hydrogen) atoms. The Morgan fingerprint density at radius 1 is 1.20 bits per heavy atom. The fraction of sp³-hybridized carbons (Fsp3) is 0.286. The Labute approximate surface area is 121 Å². The summed E-state index contributed by atoms with van der Waals surface area (Å²) >= 11 is 0. The Hall–Kier alpha value is -1.30. The Kier molecular flexibility index (Phi) is 5.39. The number of allylic oxidation sites excluding steroid dienone is 2. The summed E-state index contributed by atoms with van der Waals surface area (Å²) in [6.45, 7) is 0. The van der Waals surface area contributed by atoms with Crippen molar-refractivity contribution >= 4 is 18.0 Å². The molecule has 0 bridgehead atoms. The van der Waals surface area contributed by atoms with Gasteiger partial charge in [-0.1, -0.05) is 42.5 Å². The zero-order chi connectivity index (χ0) is 13.9. The normalized spacial score (nSPS) is 22.1. The second-order valence-corrected chi connectivity index (χ2v) is 4.25. The quantitative estimate of drug-likeness (QED) is 0.855. The van der Waals surface area contributed by atoms with Crippen molar-refractivity contribution in [1.29, 1.82) is 0 Å². The summed E-state index contributed by atoms with van der Waals surface area (Å²) in [5.41, 5.74) is 0.337. The summed E-state index contributed by atoms with van der Waals surface area (Å²) in [5.74, 6) is 0. The Morgan fingerprint density at radius 3 is 2.30 bits per heavy atom. The van der Waals surface area contributed by atoms with Gasteiger partial charge in [0.25, 0.3) is 0 Å². The van der Waals surface area contributed by atoms with Gasteiger partial charge in [-0.05, 0) is 24.3 Å². The van der Waals surface area contributed by atoms with Gasteiger partial charge in [-0.15, -0.1) is 25.6 Å². The predicted octanol–water partition coefficient (Wildman–Crippen LogP) is 3.90. The van der Waals surface area contributed by atoms with Gasteiger partial charge in [0, 0.05) is 6.42 Å². The van der Waals surface area contributed by atoms with Crippen molar-refractivity contribution in [3.63, 3.8) is 0 Å². The Bertz CT molecular complexity index is 499. The molecule has 0 radical (unpaired) electrons. The summed E-state index contributed by atoms with van der Waals surface area (Å²) in [6, 6.07) is 9.48. The van der Waals surface area contributed by atoms with Crippen LogP contribution in [0.25, 0.3) is 5.57 Å². The molecule has 2 nitrogen and oxygen atoms in total. The van der Waals surface area contributed by atoms with Crippen LogP contribution in [0, 0.1) is 0 Å². The molecule has 0 aliphatic heterocycles. The molecule has 0 amide bonds. The predicted molar refractivity (Wildman–Crippen MR) is 74.4 cm³/mol. The van der Waals surface area contributed by atoms with E-state index in [1.807, 2.05) is 30.3 Å². The second-order valence-electron chi connectivity index (χ2n) is 4.25. The fourth-order valence-electron chi connectivity index (χ4n) is 1.99. The van der Waals surface area contributed by atoms with Crippen LogP contribution < -0.4 is 5.32 Å².